The van der Waals surface area contributed by atoms with Crippen molar-refractivity contribution >= 4 is 22.9 Å². The van der Waals surface area contributed by atoms with Gasteiger partial charge in [0.15, 0.2) is 22.8 Å². The van der Waals surface area contributed by atoms with Crippen LogP contribution in [0, 0.1) is 0 Å². The number of nitrogens with one attached hydrogen (secondary N) is 1. The van der Waals surface area contributed by atoms with Gasteiger partial charge in [-0.3, -0.25) is 14.6 Å². The highest BCUT2D eigenvalue weighted by molar-refractivity contribution is 5.94. The minimum Gasteiger partial charge on any atom is -0.369 e. The van der Waals surface area contributed by atoms with Crippen LogP contribution in [0.4, 0.5) is 5.95 Å². The van der Waals surface area contributed by atoms with Crippen LogP contribution in [0.25, 0.3) is 11.2 Å². The van der Waals surface area contributed by atoms with Crippen LogP contribution >= 0.6 is 0 Å². The molecule has 0 aliphatic rings. The van der Waals surface area contributed by atoms with Crippen LogP contribution in [0.1, 0.15) is 23.1 Å². The Balaban J connectivity index is 2.26. The number of H-pyrrole nitrogens is 1. The molecular weight excluding hydrogens is 270 g/mol. The number of hydrogen-bond acceptors (Lipinski definition) is 5. The Morgan fingerprint density at radius 2 is 2.00 bits per heavy atom. The molecule has 0 amide bonds. The summed E-state index contributed by atoms with van der Waals surface area (Å²) in [5.74, 6) is -0.0452. The van der Waals surface area contributed by atoms with E-state index < -0.39 is 5.56 Å². The Hall–Kier alpha value is -2.96. The molecule has 0 bridgehead atoms. The molecular formula is C14H13N5O2. The molecule has 3 aromatic rings. The predicted molar refractivity (Wildman–Crippen MR) is 78.1 cm³/mol. The Labute approximate surface area is 119 Å². The van der Waals surface area contributed by atoms with E-state index in [1.54, 1.807) is 4.57 Å². The molecule has 3 N–H and O–H groups in total. The van der Waals surface area contributed by atoms with Gasteiger partial charge in [0.1, 0.15) is 0 Å². The van der Waals surface area contributed by atoms with Crippen molar-refractivity contribution in [2.45, 2.75) is 13.5 Å². The van der Waals surface area contributed by atoms with Crippen molar-refractivity contribution in [2.75, 3.05) is 5.73 Å². The molecule has 106 valence electrons. The Kier molecular flexibility index (Phi) is 3.02. The van der Waals surface area contributed by atoms with Crippen molar-refractivity contribution in [2.24, 2.45) is 0 Å². The third-order valence-electron chi connectivity index (χ3n) is 3.12. The predicted octanol–water partition coefficient (Wildman–Crippen LogP) is 0.953. The third kappa shape index (κ3) is 2.29. The fourth-order valence-electron chi connectivity index (χ4n) is 2.21. The molecule has 1 aromatic carbocycles. The summed E-state index contributed by atoms with van der Waals surface area (Å²) in [6, 6.07) is 9.55. The second-order valence-corrected chi connectivity index (χ2v) is 4.69. The number of fused-ring (bicyclic) bond motifs is 1. The summed E-state index contributed by atoms with van der Waals surface area (Å²) >= 11 is 0. The quantitative estimate of drug-likeness (QED) is 0.696. The Morgan fingerprint density at radius 3 is 2.67 bits per heavy atom. The standard InChI is InChI=1S/C14H13N5O2/c1-8(20)11-16-10-12(17-14(15)18-13(10)21)19(11)7-9-5-3-2-4-6-9/h2-6H,7H2,1H3,(H3,15,17,18,21). The minimum absolute atomic E-state index is 0.00295. The topological polar surface area (TPSA) is 107 Å². The van der Waals surface area contributed by atoms with Gasteiger partial charge in [0, 0.05) is 6.92 Å². The van der Waals surface area contributed by atoms with Gasteiger partial charge in [-0.05, 0) is 5.56 Å². The Bertz CT molecular complexity index is 880. The maximum absolute atomic E-state index is 11.9. The van der Waals surface area contributed by atoms with Crippen molar-refractivity contribution in [1.82, 2.24) is 19.5 Å². The lowest BCUT2D eigenvalue weighted by molar-refractivity contribution is 0.100. The maximum Gasteiger partial charge on any atom is 0.280 e. The summed E-state index contributed by atoms with van der Waals surface area (Å²) in [6.07, 6.45) is 0. The second kappa shape index (κ2) is 4.86. The number of nitrogens with two attached hydrogens (primary N) is 1. The number of carbonyl (C=O) groups excluding carboxylic acids is 1. The number of hydrogen-bond donors (Lipinski definition) is 2. The fraction of sp³-hybridized carbons (Fsp3) is 0.143. The summed E-state index contributed by atoms with van der Waals surface area (Å²) < 4.78 is 1.61. The third-order valence-corrected chi connectivity index (χ3v) is 3.12. The van der Waals surface area contributed by atoms with E-state index in [-0.39, 0.29) is 23.1 Å². The fourth-order valence-corrected chi connectivity index (χ4v) is 2.21. The average molecular weight is 283 g/mol. The summed E-state index contributed by atoms with van der Waals surface area (Å²) in [6.45, 7) is 1.79. The van der Waals surface area contributed by atoms with Crippen molar-refractivity contribution in [3.8, 4) is 0 Å². The van der Waals surface area contributed by atoms with Crippen LogP contribution in [0.15, 0.2) is 35.1 Å². The lowest BCUT2D eigenvalue weighted by Crippen LogP contribution is -2.13. The van der Waals surface area contributed by atoms with Crippen LogP contribution in [-0.4, -0.2) is 25.3 Å². The zero-order chi connectivity index (χ0) is 15.0. The van der Waals surface area contributed by atoms with Gasteiger partial charge in [0.2, 0.25) is 5.95 Å². The number of imidazole rings is 1. The van der Waals surface area contributed by atoms with E-state index in [0.717, 1.165) is 5.56 Å². The highest BCUT2D eigenvalue weighted by Gasteiger charge is 2.18. The van der Waals surface area contributed by atoms with Gasteiger partial charge in [-0.15, -0.1) is 0 Å². The lowest BCUT2D eigenvalue weighted by atomic mass is 10.2. The zero-order valence-electron chi connectivity index (χ0n) is 11.3. The van der Waals surface area contributed by atoms with Gasteiger partial charge in [0.25, 0.3) is 5.56 Å². The number of nitrogen functional groups attached to an aromatic ring is 1. The molecule has 3 rings (SSSR count). The molecule has 0 aliphatic carbocycles. The molecule has 0 saturated heterocycles. The normalized spacial score (nSPS) is 10.9. The number of rotatable bonds is 3. The van der Waals surface area contributed by atoms with Crippen LogP contribution < -0.4 is 11.3 Å². The molecule has 0 spiro atoms. The van der Waals surface area contributed by atoms with E-state index in [2.05, 4.69) is 15.0 Å². The van der Waals surface area contributed by atoms with E-state index >= 15 is 0 Å². The van der Waals surface area contributed by atoms with Crippen molar-refractivity contribution in [1.29, 1.82) is 0 Å². The monoisotopic (exact) mass is 283 g/mol. The molecule has 21 heavy (non-hydrogen) atoms. The summed E-state index contributed by atoms with van der Waals surface area (Å²) in [7, 11) is 0. The number of carbonyl (C=O) groups is 1. The van der Waals surface area contributed by atoms with E-state index in [0.29, 0.717) is 12.2 Å². The number of nitrogens with zero attached hydrogens (tertiary/aromatic N) is 3. The first kappa shape index (κ1) is 13.0. The smallest absolute Gasteiger partial charge is 0.280 e. The van der Waals surface area contributed by atoms with Crippen LogP contribution in [0.5, 0.6) is 0 Å². The highest BCUT2D eigenvalue weighted by atomic mass is 16.1. The average Bonchev–Trinajstić information content (AvgIpc) is 2.79. The van der Waals surface area contributed by atoms with E-state index in [4.69, 9.17) is 5.73 Å². The molecule has 2 aromatic heterocycles. The summed E-state index contributed by atoms with van der Waals surface area (Å²) in [5, 5.41) is 0. The summed E-state index contributed by atoms with van der Waals surface area (Å²) in [5.41, 5.74) is 6.53. The van der Waals surface area contributed by atoms with Crippen LogP contribution in [0.2, 0.25) is 0 Å². The van der Waals surface area contributed by atoms with Crippen molar-refractivity contribution in [3.05, 3.63) is 52.1 Å². The molecule has 0 unspecified atom stereocenters. The number of benzene rings is 1. The number of ketones is 1. The molecule has 2 heterocycles. The first-order valence-corrected chi connectivity index (χ1v) is 6.37. The number of Topliss-reactive ketones (excluding diaryl/α,β-unsaturated/α-hetero) is 1. The first-order chi connectivity index (χ1) is 10.1. The lowest BCUT2D eigenvalue weighted by Gasteiger charge is -2.07. The number of anilines is 1. The van der Waals surface area contributed by atoms with Gasteiger partial charge < -0.3 is 10.3 Å². The number of aromatic amines is 1. The molecule has 0 fully saturated rings. The van der Waals surface area contributed by atoms with Crippen molar-refractivity contribution in [3.63, 3.8) is 0 Å². The largest absolute Gasteiger partial charge is 0.369 e. The van der Waals surface area contributed by atoms with Gasteiger partial charge in [-0.25, -0.2) is 4.98 Å². The molecule has 0 aliphatic heterocycles. The van der Waals surface area contributed by atoms with Gasteiger partial charge >= 0.3 is 0 Å². The Morgan fingerprint density at radius 1 is 1.29 bits per heavy atom. The second-order valence-electron chi connectivity index (χ2n) is 4.69. The molecule has 7 nitrogen and oxygen atoms in total. The minimum atomic E-state index is -0.452. The van der Waals surface area contributed by atoms with E-state index in [1.165, 1.54) is 6.92 Å². The molecule has 0 atom stereocenters. The molecule has 0 radical (unpaired) electrons. The zero-order valence-corrected chi connectivity index (χ0v) is 11.3. The van der Waals surface area contributed by atoms with Gasteiger partial charge in [-0.1, -0.05) is 30.3 Å². The SMILES string of the molecule is CC(=O)c1nc2c(=O)[nH]c(N)nc2n1Cc1ccccc1. The van der Waals surface area contributed by atoms with Crippen LogP contribution in [-0.2, 0) is 6.54 Å². The van der Waals surface area contributed by atoms with Gasteiger partial charge in [0.05, 0.1) is 6.54 Å². The molecule has 7 heteroatoms. The molecule has 0 saturated carbocycles. The van der Waals surface area contributed by atoms with E-state index in [9.17, 15) is 9.59 Å². The van der Waals surface area contributed by atoms with E-state index in [1.807, 2.05) is 30.3 Å². The number of aromatic nitrogens is 4. The van der Waals surface area contributed by atoms with Crippen LogP contribution in [0.3, 0.4) is 0 Å². The maximum atomic E-state index is 11.9. The van der Waals surface area contributed by atoms with Crippen molar-refractivity contribution < 1.29 is 4.79 Å². The highest BCUT2D eigenvalue weighted by Crippen LogP contribution is 2.14. The summed E-state index contributed by atoms with van der Waals surface area (Å²) in [4.78, 5) is 34.2. The van der Waals surface area contributed by atoms with Gasteiger partial charge in [-0.2, -0.15) is 4.98 Å². The first-order valence-electron chi connectivity index (χ1n) is 6.37.